The Balaban J connectivity index is 1.91. The first-order valence-corrected chi connectivity index (χ1v) is 8.06. The van der Waals surface area contributed by atoms with Crippen molar-refractivity contribution in [2.75, 3.05) is 6.61 Å². The maximum absolute atomic E-state index is 12.7. The molecule has 1 aromatic rings. The van der Waals surface area contributed by atoms with Crippen molar-refractivity contribution in [2.45, 2.75) is 50.8 Å². The van der Waals surface area contributed by atoms with Crippen LogP contribution in [0.5, 0.6) is 0 Å². The van der Waals surface area contributed by atoms with E-state index in [1.165, 1.54) is 0 Å². The molecule has 2 fully saturated rings. The molecule has 2 aliphatic rings. The molecule has 24 heavy (non-hydrogen) atoms. The molecule has 0 aromatic heterocycles. The summed E-state index contributed by atoms with van der Waals surface area (Å²) >= 11 is 0. The van der Waals surface area contributed by atoms with Crippen LogP contribution in [0.15, 0.2) is 48.2 Å². The van der Waals surface area contributed by atoms with Gasteiger partial charge >= 0.3 is 0 Å². The number of carbonyl (C=O) groups excluding carboxylic acids is 1. The quantitative estimate of drug-likeness (QED) is 0.678. The summed E-state index contributed by atoms with van der Waals surface area (Å²) in [5, 5.41) is 11.0. The highest BCUT2D eigenvalue weighted by molar-refractivity contribution is 5.96. The van der Waals surface area contributed by atoms with Crippen molar-refractivity contribution in [2.24, 2.45) is 0 Å². The Kier molecular flexibility index (Phi) is 4.14. The van der Waals surface area contributed by atoms with Crippen molar-refractivity contribution in [3.8, 4) is 0 Å². The minimum Gasteiger partial charge on any atom is -0.373 e. The van der Waals surface area contributed by atoms with Crippen LogP contribution in [-0.2, 0) is 20.8 Å². The van der Waals surface area contributed by atoms with Crippen molar-refractivity contribution in [1.82, 2.24) is 4.90 Å². The highest BCUT2D eigenvalue weighted by Crippen LogP contribution is 2.43. The molecule has 5 nitrogen and oxygen atoms in total. The van der Waals surface area contributed by atoms with Crippen molar-refractivity contribution >= 4 is 5.91 Å². The SMILES string of the molecule is C=C=C(C)C1(O)C(=O)N(Cc2ccccc2)C1C1COC(C)(C)O1. The molecule has 2 heterocycles. The van der Waals surface area contributed by atoms with Crippen LogP contribution < -0.4 is 0 Å². The number of carbonyl (C=O) groups is 1. The summed E-state index contributed by atoms with van der Waals surface area (Å²) in [6, 6.07) is 9.15. The van der Waals surface area contributed by atoms with Crippen LogP contribution in [0, 0.1) is 0 Å². The van der Waals surface area contributed by atoms with Gasteiger partial charge in [-0.1, -0.05) is 36.9 Å². The number of benzene rings is 1. The van der Waals surface area contributed by atoms with Crippen molar-refractivity contribution in [3.05, 3.63) is 53.8 Å². The number of nitrogens with zero attached hydrogens (tertiary/aromatic N) is 1. The first kappa shape index (κ1) is 16.9. The molecule has 5 heteroatoms. The van der Waals surface area contributed by atoms with Gasteiger partial charge in [-0.2, -0.15) is 0 Å². The van der Waals surface area contributed by atoms with Gasteiger partial charge in [0, 0.05) is 12.1 Å². The van der Waals surface area contributed by atoms with Crippen molar-refractivity contribution in [3.63, 3.8) is 0 Å². The predicted octanol–water partition coefficient (Wildman–Crippen LogP) is 2.01. The molecule has 1 amide bonds. The lowest BCUT2D eigenvalue weighted by atomic mass is 9.74. The molecule has 0 aliphatic carbocycles. The predicted molar refractivity (Wildman–Crippen MR) is 89.0 cm³/mol. The number of hydrogen-bond acceptors (Lipinski definition) is 4. The van der Waals surface area contributed by atoms with Gasteiger partial charge in [-0.25, -0.2) is 0 Å². The van der Waals surface area contributed by atoms with Crippen LogP contribution in [0.2, 0.25) is 0 Å². The molecular formula is C19H23NO4. The third-order valence-corrected chi connectivity index (χ3v) is 4.77. The molecular weight excluding hydrogens is 306 g/mol. The second-order valence-electron chi connectivity index (χ2n) is 6.80. The summed E-state index contributed by atoms with van der Waals surface area (Å²) in [6.07, 6.45) is -0.408. The minimum atomic E-state index is -1.63. The zero-order valence-electron chi connectivity index (χ0n) is 14.3. The lowest BCUT2D eigenvalue weighted by Crippen LogP contribution is -2.77. The molecule has 0 saturated carbocycles. The van der Waals surface area contributed by atoms with Gasteiger partial charge in [-0.05, 0) is 26.3 Å². The van der Waals surface area contributed by atoms with E-state index in [9.17, 15) is 9.90 Å². The second kappa shape index (κ2) is 5.87. The van der Waals surface area contributed by atoms with E-state index in [0.29, 0.717) is 18.7 Å². The molecule has 1 N–H and O–H groups in total. The Morgan fingerprint density at radius 2 is 2.08 bits per heavy atom. The lowest BCUT2D eigenvalue weighted by Gasteiger charge is -2.54. The van der Waals surface area contributed by atoms with Crippen LogP contribution in [-0.4, -0.2) is 46.1 Å². The maximum Gasteiger partial charge on any atom is 0.262 e. The highest BCUT2D eigenvalue weighted by Gasteiger charge is 2.65. The van der Waals surface area contributed by atoms with Crippen LogP contribution in [0.1, 0.15) is 26.3 Å². The molecule has 1 aromatic carbocycles. The Morgan fingerprint density at radius 1 is 1.42 bits per heavy atom. The molecule has 0 bridgehead atoms. The monoisotopic (exact) mass is 329 g/mol. The number of rotatable bonds is 4. The first-order valence-electron chi connectivity index (χ1n) is 8.06. The fourth-order valence-corrected chi connectivity index (χ4v) is 3.44. The minimum absolute atomic E-state index is 0.322. The van der Waals surface area contributed by atoms with Gasteiger partial charge in [-0.3, -0.25) is 4.79 Å². The van der Waals surface area contributed by atoms with Crippen molar-refractivity contribution in [1.29, 1.82) is 0 Å². The van der Waals surface area contributed by atoms with Crippen molar-refractivity contribution < 1.29 is 19.4 Å². The molecule has 3 unspecified atom stereocenters. The second-order valence-corrected chi connectivity index (χ2v) is 6.80. The summed E-state index contributed by atoms with van der Waals surface area (Å²) in [5.74, 6) is -1.08. The molecule has 128 valence electrons. The summed E-state index contributed by atoms with van der Waals surface area (Å²) in [5.41, 5.74) is 2.44. The fraction of sp³-hybridized carbons (Fsp3) is 0.474. The van der Waals surface area contributed by atoms with E-state index in [2.05, 4.69) is 12.3 Å². The van der Waals surface area contributed by atoms with Crippen LogP contribution in [0.25, 0.3) is 0 Å². The van der Waals surface area contributed by atoms with E-state index in [-0.39, 0.29) is 5.91 Å². The third kappa shape index (κ3) is 2.60. The molecule has 2 aliphatic heterocycles. The summed E-state index contributed by atoms with van der Waals surface area (Å²) in [4.78, 5) is 14.4. The van der Waals surface area contributed by atoms with E-state index in [4.69, 9.17) is 9.47 Å². The van der Waals surface area contributed by atoms with Gasteiger partial charge in [-0.15, -0.1) is 5.73 Å². The number of ether oxygens (including phenoxy) is 2. The largest absolute Gasteiger partial charge is 0.373 e. The van der Waals surface area contributed by atoms with Gasteiger partial charge in [0.1, 0.15) is 12.1 Å². The van der Waals surface area contributed by atoms with Crippen LogP contribution >= 0.6 is 0 Å². The number of hydrogen-bond donors (Lipinski definition) is 1. The fourth-order valence-electron chi connectivity index (χ4n) is 3.44. The number of amides is 1. The van der Waals surface area contributed by atoms with E-state index in [0.717, 1.165) is 5.56 Å². The third-order valence-electron chi connectivity index (χ3n) is 4.77. The van der Waals surface area contributed by atoms with Crippen LogP contribution in [0.4, 0.5) is 0 Å². The average Bonchev–Trinajstić information content (AvgIpc) is 2.92. The molecule has 2 saturated heterocycles. The standard InChI is InChI=1S/C19H23NO4/c1-5-13(2)19(22)16(15-12-23-18(3,4)24-15)20(17(19)21)11-14-9-7-6-8-10-14/h6-10,15-16,22H,1,11-12H2,2-4H3. The Hall–Kier alpha value is -1.91. The van der Waals surface area contributed by atoms with E-state index >= 15 is 0 Å². The average molecular weight is 329 g/mol. The zero-order valence-corrected chi connectivity index (χ0v) is 14.3. The molecule has 0 radical (unpaired) electrons. The van der Waals surface area contributed by atoms with Gasteiger partial charge in [0.15, 0.2) is 11.4 Å². The Morgan fingerprint density at radius 3 is 2.62 bits per heavy atom. The smallest absolute Gasteiger partial charge is 0.262 e. The Bertz CT molecular complexity index is 693. The van der Waals surface area contributed by atoms with E-state index in [1.54, 1.807) is 11.8 Å². The molecule has 3 rings (SSSR count). The van der Waals surface area contributed by atoms with Gasteiger partial charge in [0.2, 0.25) is 0 Å². The van der Waals surface area contributed by atoms with Gasteiger partial charge in [0.25, 0.3) is 5.91 Å². The summed E-state index contributed by atoms with van der Waals surface area (Å²) in [7, 11) is 0. The summed E-state index contributed by atoms with van der Waals surface area (Å²) < 4.78 is 11.6. The zero-order chi connectivity index (χ0) is 17.5. The van der Waals surface area contributed by atoms with E-state index < -0.39 is 23.5 Å². The topological polar surface area (TPSA) is 59.0 Å². The summed E-state index contributed by atoms with van der Waals surface area (Å²) in [6.45, 7) is 9.63. The highest BCUT2D eigenvalue weighted by atomic mass is 16.7. The van der Waals surface area contributed by atoms with Gasteiger partial charge < -0.3 is 19.5 Å². The Labute approximate surface area is 142 Å². The number of aliphatic hydroxyl groups is 1. The van der Waals surface area contributed by atoms with Gasteiger partial charge in [0.05, 0.1) is 6.61 Å². The number of likely N-dealkylation sites (tertiary alicyclic amines) is 1. The molecule has 0 spiro atoms. The normalized spacial score (nSPS) is 31.5. The van der Waals surface area contributed by atoms with E-state index in [1.807, 2.05) is 44.2 Å². The number of β-lactam (4-membered cyclic amide) rings is 1. The lowest BCUT2D eigenvalue weighted by molar-refractivity contribution is -0.208. The first-order chi connectivity index (χ1) is 11.3. The van der Waals surface area contributed by atoms with Crippen LogP contribution in [0.3, 0.4) is 0 Å². The molecule has 3 atom stereocenters. The maximum atomic E-state index is 12.7.